The van der Waals surface area contributed by atoms with E-state index in [1.54, 1.807) is 26.4 Å². The molecule has 144 valence electrons. The van der Waals surface area contributed by atoms with Crippen molar-refractivity contribution >= 4 is 25.5 Å². The van der Waals surface area contributed by atoms with Gasteiger partial charge >= 0.3 is 0 Å². The summed E-state index contributed by atoms with van der Waals surface area (Å²) in [6.45, 7) is 0.366. The van der Waals surface area contributed by atoms with Gasteiger partial charge in [-0.3, -0.25) is 4.79 Å². The number of carbonyl (C=O) groups is 1. The van der Waals surface area contributed by atoms with Gasteiger partial charge in [0.05, 0.1) is 14.2 Å². The van der Waals surface area contributed by atoms with E-state index in [2.05, 4.69) is 0 Å². The van der Waals surface area contributed by atoms with E-state index in [0.29, 0.717) is 35.7 Å². The lowest BCUT2D eigenvalue weighted by Gasteiger charge is -2.17. The zero-order valence-corrected chi connectivity index (χ0v) is 16.6. The van der Waals surface area contributed by atoms with Crippen LogP contribution in [-0.4, -0.2) is 20.5 Å². The number of benzene rings is 3. The quantitative estimate of drug-likeness (QED) is 0.427. The molecule has 0 aliphatic rings. The van der Waals surface area contributed by atoms with Crippen LogP contribution < -0.4 is 24.8 Å². The van der Waals surface area contributed by atoms with Crippen molar-refractivity contribution in [3.8, 4) is 17.2 Å². The number of rotatable bonds is 8. The first-order chi connectivity index (χ1) is 13.6. The molecule has 0 amide bonds. The molecule has 4 nitrogen and oxygen atoms in total. The average molecular weight is 398 g/mol. The van der Waals surface area contributed by atoms with Gasteiger partial charge in [-0.05, 0) is 29.1 Å². The van der Waals surface area contributed by atoms with Crippen LogP contribution in [0.4, 0.5) is 4.39 Å². The van der Waals surface area contributed by atoms with Crippen LogP contribution in [0.25, 0.3) is 0 Å². The Morgan fingerprint density at radius 2 is 1.75 bits per heavy atom. The summed E-state index contributed by atoms with van der Waals surface area (Å²) in [6, 6.07) is 17.6. The van der Waals surface area contributed by atoms with Gasteiger partial charge in [0.1, 0.15) is 18.2 Å². The lowest BCUT2D eigenvalue weighted by atomic mass is 10.2. The van der Waals surface area contributed by atoms with Crippen molar-refractivity contribution in [1.82, 2.24) is 0 Å². The Morgan fingerprint density at radius 1 is 0.964 bits per heavy atom. The molecule has 0 saturated carbocycles. The van der Waals surface area contributed by atoms with Gasteiger partial charge in [0.25, 0.3) is 0 Å². The number of methoxy groups -OCH3 is 2. The Kier molecular flexibility index (Phi) is 6.62. The molecule has 1 atom stereocenters. The first-order valence-electron chi connectivity index (χ1n) is 8.59. The number of aldehydes is 1. The van der Waals surface area contributed by atoms with Crippen molar-refractivity contribution in [2.45, 2.75) is 6.61 Å². The molecule has 3 aromatic rings. The second-order valence-electron chi connectivity index (χ2n) is 5.96. The molecule has 0 spiro atoms. The summed E-state index contributed by atoms with van der Waals surface area (Å²) in [5.41, 5.74) is 1.33. The second kappa shape index (κ2) is 9.34. The zero-order valence-electron chi connectivity index (χ0n) is 15.6. The highest BCUT2D eigenvalue weighted by Gasteiger charge is 2.16. The van der Waals surface area contributed by atoms with E-state index in [-0.39, 0.29) is 8.58 Å². The second-order valence-corrected chi connectivity index (χ2v) is 7.28. The van der Waals surface area contributed by atoms with E-state index in [0.717, 1.165) is 16.2 Å². The summed E-state index contributed by atoms with van der Waals surface area (Å²) in [5.74, 6) is 1.28. The fraction of sp³-hybridized carbons (Fsp3) is 0.136. The van der Waals surface area contributed by atoms with Crippen molar-refractivity contribution in [2.24, 2.45) is 0 Å². The number of hydrogen-bond donors (Lipinski definition) is 0. The highest BCUT2D eigenvalue weighted by molar-refractivity contribution is 7.56. The van der Waals surface area contributed by atoms with E-state index in [4.69, 9.17) is 14.2 Å². The fourth-order valence-corrected chi connectivity index (χ4v) is 3.96. The summed E-state index contributed by atoms with van der Waals surface area (Å²) in [7, 11) is 3.19. The molecule has 0 bridgehead atoms. The molecule has 0 saturated heterocycles. The van der Waals surface area contributed by atoms with Gasteiger partial charge in [-0.1, -0.05) is 45.0 Å². The third kappa shape index (κ3) is 4.68. The third-order valence-corrected chi connectivity index (χ3v) is 5.49. The molecule has 0 fully saturated rings. The average Bonchev–Trinajstić information content (AvgIpc) is 2.74. The molecule has 0 radical (unpaired) electrons. The maximum atomic E-state index is 13.5. The van der Waals surface area contributed by atoms with Gasteiger partial charge in [-0.2, -0.15) is 0 Å². The molecule has 0 aliphatic carbocycles. The van der Waals surface area contributed by atoms with Gasteiger partial charge in [-0.15, -0.1) is 0 Å². The number of hydrogen-bond acceptors (Lipinski definition) is 4. The molecule has 28 heavy (non-hydrogen) atoms. The molecule has 0 aromatic heterocycles. The predicted octanol–water partition coefficient (Wildman–Crippen LogP) is 3.86. The third-order valence-electron chi connectivity index (χ3n) is 4.12. The molecule has 0 aliphatic heterocycles. The van der Waals surface area contributed by atoms with Gasteiger partial charge in [-0.25, -0.2) is 4.39 Å². The van der Waals surface area contributed by atoms with Gasteiger partial charge < -0.3 is 14.2 Å². The van der Waals surface area contributed by atoms with Gasteiger partial charge in [0.15, 0.2) is 17.8 Å². The van der Waals surface area contributed by atoms with E-state index in [1.807, 2.05) is 36.4 Å². The van der Waals surface area contributed by atoms with Crippen molar-refractivity contribution in [1.29, 1.82) is 0 Å². The minimum atomic E-state index is -0.445. The Bertz CT molecular complexity index is 960. The highest BCUT2D eigenvalue weighted by Crippen LogP contribution is 2.35. The maximum absolute atomic E-state index is 13.5. The van der Waals surface area contributed by atoms with Crippen LogP contribution in [0.1, 0.15) is 15.9 Å². The Labute approximate surface area is 165 Å². The molecule has 6 heteroatoms. The van der Waals surface area contributed by atoms with Crippen LogP contribution in [0.2, 0.25) is 0 Å². The van der Waals surface area contributed by atoms with Crippen LogP contribution in [0.3, 0.4) is 0 Å². The SMILES string of the molecule is COc1cc(OC)c(OCc2ccccc2)c(Pc2ccc(F)cc2C=O)c1. The van der Waals surface area contributed by atoms with Gasteiger partial charge in [0, 0.05) is 16.9 Å². The normalized spacial score (nSPS) is 10.8. The number of carbonyl (C=O) groups excluding carboxylic acids is 1. The highest BCUT2D eigenvalue weighted by atomic mass is 31.1. The van der Waals surface area contributed by atoms with Crippen LogP contribution >= 0.6 is 8.58 Å². The van der Waals surface area contributed by atoms with Crippen molar-refractivity contribution in [3.63, 3.8) is 0 Å². The molecule has 3 aromatic carbocycles. The first-order valence-corrected chi connectivity index (χ1v) is 9.59. The first kappa shape index (κ1) is 19.8. The molecule has 0 N–H and O–H groups in total. The number of halogens is 1. The lowest BCUT2D eigenvalue weighted by molar-refractivity contribution is 0.112. The Morgan fingerprint density at radius 3 is 2.43 bits per heavy atom. The van der Waals surface area contributed by atoms with Crippen LogP contribution in [0.5, 0.6) is 17.2 Å². The van der Waals surface area contributed by atoms with Crippen molar-refractivity contribution < 1.29 is 23.4 Å². The van der Waals surface area contributed by atoms with E-state index in [9.17, 15) is 9.18 Å². The monoisotopic (exact) mass is 398 g/mol. The molecule has 3 rings (SSSR count). The van der Waals surface area contributed by atoms with Crippen LogP contribution in [-0.2, 0) is 6.61 Å². The minimum absolute atomic E-state index is 0.0610. The van der Waals surface area contributed by atoms with E-state index in [1.165, 1.54) is 12.1 Å². The van der Waals surface area contributed by atoms with Crippen LogP contribution in [0, 0.1) is 5.82 Å². The fourth-order valence-electron chi connectivity index (χ4n) is 2.71. The van der Waals surface area contributed by atoms with Gasteiger partial charge in [0.2, 0.25) is 0 Å². The molecule has 0 heterocycles. The summed E-state index contributed by atoms with van der Waals surface area (Å²) < 4.78 is 30.4. The number of ether oxygens (including phenoxy) is 3. The van der Waals surface area contributed by atoms with E-state index < -0.39 is 5.82 Å². The molecular formula is C22H20FO4P. The molecular weight excluding hydrogens is 378 g/mol. The van der Waals surface area contributed by atoms with Crippen LogP contribution in [0.15, 0.2) is 60.7 Å². The smallest absolute Gasteiger partial charge is 0.169 e. The standard InChI is InChI=1S/C22H20FO4P/c1-25-18-11-19(26-2)22(27-14-15-6-4-3-5-7-15)21(12-18)28-20-9-8-17(23)10-16(20)13-24/h3-13,28H,14H2,1-2H3. The van der Waals surface area contributed by atoms with Crippen molar-refractivity contribution in [2.75, 3.05) is 14.2 Å². The summed E-state index contributed by atoms with van der Waals surface area (Å²) in [5, 5.41) is 1.53. The maximum Gasteiger partial charge on any atom is 0.169 e. The largest absolute Gasteiger partial charge is 0.497 e. The topological polar surface area (TPSA) is 44.8 Å². The summed E-state index contributed by atoms with van der Waals surface area (Å²) in [4.78, 5) is 11.4. The Hall–Kier alpha value is -2.91. The lowest BCUT2D eigenvalue weighted by Crippen LogP contribution is -2.13. The molecule has 1 unspecified atom stereocenters. The minimum Gasteiger partial charge on any atom is -0.497 e. The zero-order chi connectivity index (χ0) is 19.9. The summed E-state index contributed by atoms with van der Waals surface area (Å²) in [6.07, 6.45) is 0.660. The summed E-state index contributed by atoms with van der Waals surface area (Å²) >= 11 is 0. The van der Waals surface area contributed by atoms with E-state index >= 15 is 0 Å². The van der Waals surface area contributed by atoms with Crippen molar-refractivity contribution in [3.05, 3.63) is 77.6 Å². The predicted molar refractivity (Wildman–Crippen MR) is 110 cm³/mol. The Balaban J connectivity index is 1.99.